The molecule has 8 aromatic rings. The largest absolute Gasteiger partial charge is 0.491 e. The van der Waals surface area contributed by atoms with E-state index in [4.69, 9.17) is 26.2 Å². The fraction of sp³-hybridized carbons (Fsp3) is 0.200. The number of methoxy groups -OCH3 is 1. The van der Waals surface area contributed by atoms with Crippen LogP contribution in [0.1, 0.15) is 63.8 Å². The monoisotopic (exact) mass is 791 g/mol. The smallest absolute Gasteiger partial charge is 0.253 e. The number of nitrogens with one attached hydrogen (secondary N) is 2. The summed E-state index contributed by atoms with van der Waals surface area (Å²) in [5.41, 5.74) is 19.0. The zero-order chi connectivity index (χ0) is 41.6. The Balaban J connectivity index is 0.000000179. The van der Waals surface area contributed by atoms with Crippen molar-refractivity contribution in [3.63, 3.8) is 0 Å². The van der Waals surface area contributed by atoms with E-state index >= 15 is 0 Å². The highest BCUT2D eigenvalue weighted by atomic mass is 19.1. The minimum Gasteiger partial charge on any atom is -0.491 e. The summed E-state index contributed by atoms with van der Waals surface area (Å²) in [7, 11) is 1.57. The summed E-state index contributed by atoms with van der Waals surface area (Å²) in [6.07, 6.45) is 3.24. The van der Waals surface area contributed by atoms with Gasteiger partial charge in [-0.2, -0.15) is 19.7 Å². The number of ether oxygens (including phenoxy) is 1. The number of benzene rings is 4. The molecule has 4 heterocycles. The Morgan fingerprint density at radius 3 is 2.08 bits per heavy atom. The molecule has 0 aliphatic carbocycles. The molecule has 6 N–H and O–H groups in total. The van der Waals surface area contributed by atoms with Crippen LogP contribution in [0, 0.1) is 19.7 Å². The van der Waals surface area contributed by atoms with Crippen molar-refractivity contribution in [2.24, 2.45) is 11.5 Å². The zero-order valence-corrected chi connectivity index (χ0v) is 33.6. The number of nitrogens with zero attached hydrogens (tertiary/aromatic N) is 7. The second-order valence-electron chi connectivity index (χ2n) is 14.3. The van der Waals surface area contributed by atoms with E-state index in [2.05, 4.69) is 51.7 Å². The van der Waals surface area contributed by atoms with Crippen LogP contribution in [0.15, 0.2) is 109 Å². The first-order valence-electron chi connectivity index (χ1n) is 19.2. The number of aryl methyl sites for hydroxylation is 2. The summed E-state index contributed by atoms with van der Waals surface area (Å²) in [6, 6.07) is 30.5. The maximum Gasteiger partial charge on any atom is 0.253 e. The lowest BCUT2D eigenvalue weighted by Gasteiger charge is -2.17. The van der Waals surface area contributed by atoms with Crippen molar-refractivity contribution in [2.45, 2.75) is 53.2 Å². The molecule has 59 heavy (non-hydrogen) atoms. The van der Waals surface area contributed by atoms with Crippen LogP contribution in [0.2, 0.25) is 0 Å². The van der Waals surface area contributed by atoms with Gasteiger partial charge in [0.1, 0.15) is 11.6 Å². The Morgan fingerprint density at radius 2 is 1.46 bits per heavy atom. The lowest BCUT2D eigenvalue weighted by atomic mass is 10.0. The van der Waals surface area contributed by atoms with Gasteiger partial charge in [0.25, 0.3) is 5.95 Å². The number of nitrogens with two attached hydrogens (primary N) is 2. The van der Waals surface area contributed by atoms with Crippen molar-refractivity contribution in [3.05, 3.63) is 154 Å². The first-order valence-corrected chi connectivity index (χ1v) is 19.2. The highest BCUT2D eigenvalue weighted by molar-refractivity contribution is 6.05. The number of hydrogen-bond acceptors (Lipinski definition) is 10. The summed E-state index contributed by atoms with van der Waals surface area (Å²) in [6.45, 7) is 9.67. The number of carbonyl (C=O) groups excluding carboxylic acids is 1. The van der Waals surface area contributed by atoms with Crippen molar-refractivity contribution in [1.82, 2.24) is 34.3 Å². The number of carbonyl (C=O) groups is 1. The Kier molecular flexibility index (Phi) is 11.9. The van der Waals surface area contributed by atoms with Gasteiger partial charge in [-0.05, 0) is 66.8 Å². The van der Waals surface area contributed by atoms with Crippen LogP contribution >= 0.6 is 0 Å². The molecule has 300 valence electrons. The summed E-state index contributed by atoms with van der Waals surface area (Å²) < 4.78 is 23.0. The Hall–Kier alpha value is -7.19. The fourth-order valence-electron chi connectivity index (χ4n) is 7.13. The van der Waals surface area contributed by atoms with Crippen LogP contribution in [0.5, 0.6) is 5.75 Å². The molecule has 0 bridgehead atoms. The molecule has 0 saturated heterocycles. The van der Waals surface area contributed by atoms with Crippen LogP contribution in [0.4, 0.5) is 16.0 Å². The summed E-state index contributed by atoms with van der Waals surface area (Å²) in [5.74, 6) is 2.20. The van der Waals surface area contributed by atoms with Crippen LogP contribution in [0.25, 0.3) is 33.7 Å². The normalized spacial score (nSPS) is 11.1. The molecular weight excluding hydrogens is 746 g/mol. The first kappa shape index (κ1) is 40.0. The quantitative estimate of drug-likeness (QED) is 0.0951. The standard InChI is InChI=1S/C23H24N6O.C22H22FN5O/c1-14(2)20-15(3)27-23(28-22(20)25-12-16-8-5-4-6-9-16)29-19-11-7-10-17(21(24)30)18(19)13-26-29;1-14-8-18-16(11-24)9-17(23)10-19(18)28(14)22-26-13-20(29-2)21(27-22)25-12-15-6-4-3-5-7-15/h4-11,13-14H,12H2,1-3H3,(H2,24,30)(H,25,27,28);3-10,13H,11-12,24H2,1-2H3,(H,25,26,27). The van der Waals surface area contributed by atoms with Crippen molar-refractivity contribution in [2.75, 3.05) is 17.7 Å². The number of halogens is 1. The molecule has 4 aromatic carbocycles. The Labute approximate surface area is 341 Å². The van der Waals surface area contributed by atoms with E-state index < -0.39 is 5.91 Å². The minimum atomic E-state index is -0.488. The van der Waals surface area contributed by atoms with Crippen LogP contribution in [-0.4, -0.2) is 47.3 Å². The third kappa shape index (κ3) is 8.58. The van der Waals surface area contributed by atoms with Gasteiger partial charge in [0.15, 0.2) is 11.6 Å². The number of hydrogen-bond donors (Lipinski definition) is 4. The van der Waals surface area contributed by atoms with Crippen molar-refractivity contribution >= 4 is 39.3 Å². The van der Waals surface area contributed by atoms with Crippen LogP contribution in [0.3, 0.4) is 0 Å². The van der Waals surface area contributed by atoms with Gasteiger partial charge >= 0.3 is 0 Å². The average molecular weight is 792 g/mol. The molecule has 0 atom stereocenters. The van der Waals surface area contributed by atoms with Crippen molar-refractivity contribution < 1.29 is 13.9 Å². The highest BCUT2D eigenvalue weighted by Crippen LogP contribution is 2.30. The van der Waals surface area contributed by atoms with Gasteiger partial charge in [-0.15, -0.1) is 0 Å². The van der Waals surface area contributed by atoms with Gasteiger partial charge in [-0.1, -0.05) is 80.6 Å². The van der Waals surface area contributed by atoms with Gasteiger partial charge in [0, 0.05) is 47.4 Å². The SMILES string of the molecule is COc1cnc(-n2c(C)cc3c(CN)cc(F)cc32)nc1NCc1ccccc1.Cc1nc(-n2ncc3c(C(N)=O)cccc32)nc(NCc2ccccc2)c1C(C)C. The van der Waals surface area contributed by atoms with Crippen LogP contribution in [-0.2, 0) is 19.6 Å². The summed E-state index contributed by atoms with van der Waals surface area (Å²) >= 11 is 0. The minimum absolute atomic E-state index is 0.255. The molecular formula is C45H46FN11O2. The van der Waals surface area contributed by atoms with Crippen molar-refractivity contribution in [3.8, 4) is 17.6 Å². The molecule has 13 nitrogen and oxygen atoms in total. The van der Waals surface area contributed by atoms with Crippen LogP contribution < -0.4 is 26.8 Å². The van der Waals surface area contributed by atoms with Gasteiger partial charge in [-0.3, -0.25) is 9.36 Å². The molecule has 14 heteroatoms. The Morgan fingerprint density at radius 1 is 0.797 bits per heavy atom. The van der Waals surface area contributed by atoms with E-state index in [9.17, 15) is 9.18 Å². The fourth-order valence-corrected chi connectivity index (χ4v) is 7.13. The third-order valence-corrected chi connectivity index (χ3v) is 9.91. The lowest BCUT2D eigenvalue weighted by Crippen LogP contribution is -2.13. The molecule has 0 unspecified atom stereocenters. The average Bonchev–Trinajstić information content (AvgIpc) is 3.83. The molecule has 4 aromatic heterocycles. The maximum atomic E-state index is 14.2. The Bertz CT molecular complexity index is 2750. The predicted octanol–water partition coefficient (Wildman–Crippen LogP) is 7.91. The van der Waals surface area contributed by atoms with E-state index in [1.165, 1.54) is 17.7 Å². The summed E-state index contributed by atoms with van der Waals surface area (Å²) in [4.78, 5) is 30.4. The highest BCUT2D eigenvalue weighted by Gasteiger charge is 2.20. The molecule has 0 spiro atoms. The van der Waals surface area contributed by atoms with E-state index in [-0.39, 0.29) is 18.3 Å². The second kappa shape index (κ2) is 17.5. The molecule has 8 rings (SSSR count). The van der Waals surface area contributed by atoms with E-state index in [0.717, 1.165) is 44.8 Å². The maximum absolute atomic E-state index is 14.2. The van der Waals surface area contributed by atoms with Gasteiger partial charge < -0.3 is 26.8 Å². The molecule has 0 radical (unpaired) electrons. The van der Waals surface area contributed by atoms with Gasteiger partial charge in [0.2, 0.25) is 11.9 Å². The van der Waals surface area contributed by atoms with E-state index in [0.29, 0.717) is 53.0 Å². The lowest BCUT2D eigenvalue weighted by molar-refractivity contribution is 0.100. The van der Waals surface area contributed by atoms with E-state index in [1.54, 1.807) is 36.3 Å². The number of amides is 1. The van der Waals surface area contributed by atoms with Gasteiger partial charge in [0.05, 0.1) is 36.1 Å². The molecule has 0 fully saturated rings. The number of rotatable bonds is 12. The van der Waals surface area contributed by atoms with Crippen molar-refractivity contribution in [1.29, 1.82) is 0 Å². The van der Waals surface area contributed by atoms with Gasteiger partial charge in [-0.25, -0.2) is 14.4 Å². The molecule has 0 aliphatic heterocycles. The summed E-state index contributed by atoms with van der Waals surface area (Å²) in [5, 5.41) is 12.8. The number of anilines is 2. The zero-order valence-electron chi connectivity index (χ0n) is 33.6. The molecule has 1 amide bonds. The molecule has 0 aliphatic rings. The predicted molar refractivity (Wildman–Crippen MR) is 230 cm³/mol. The topological polar surface area (TPSA) is 177 Å². The van der Waals surface area contributed by atoms with E-state index in [1.807, 2.05) is 79.1 Å². The number of primary amides is 1. The number of aromatic nitrogens is 7. The molecule has 0 saturated carbocycles. The number of fused-ring (bicyclic) bond motifs is 2. The third-order valence-electron chi connectivity index (χ3n) is 9.91. The first-order chi connectivity index (χ1) is 28.6. The second-order valence-corrected chi connectivity index (χ2v) is 14.3.